The van der Waals surface area contributed by atoms with E-state index in [9.17, 15) is 0 Å². The smallest absolute Gasteiger partial charge is 0.0270 e. The monoisotopic (exact) mass is 179 g/mol. The van der Waals surface area contributed by atoms with Gasteiger partial charge >= 0.3 is 0 Å². The predicted molar refractivity (Wildman–Crippen MR) is 58.8 cm³/mol. The van der Waals surface area contributed by atoms with Crippen LogP contribution in [-0.2, 0) is 0 Å². The first-order valence-electron chi connectivity index (χ1n) is 5.11. The Kier molecular flexibility index (Phi) is 6.21. The minimum atomic E-state index is 0.637. The van der Waals surface area contributed by atoms with Gasteiger partial charge in [-0.05, 0) is 29.5 Å². The van der Waals surface area contributed by atoms with E-state index in [0.29, 0.717) is 11.8 Å². The third-order valence-electron chi connectivity index (χ3n) is 2.23. The van der Waals surface area contributed by atoms with Crippen LogP contribution in [0.1, 0.15) is 46.1 Å². The summed E-state index contributed by atoms with van der Waals surface area (Å²) in [7, 11) is 0. The maximum atomic E-state index is 3.99. The van der Waals surface area contributed by atoms with E-state index in [1.165, 1.54) is 5.56 Å². The van der Waals surface area contributed by atoms with Crippen molar-refractivity contribution in [3.63, 3.8) is 0 Å². The molecule has 1 rings (SSSR count). The minimum Gasteiger partial charge on any atom is -0.265 e. The number of hydrogen-bond acceptors (Lipinski definition) is 1. The molecule has 1 atom stereocenters. The molecule has 0 aliphatic rings. The van der Waals surface area contributed by atoms with Crippen molar-refractivity contribution in [1.29, 1.82) is 0 Å². The number of nitrogens with zero attached hydrogens (tertiary/aromatic N) is 1. The Morgan fingerprint density at radius 2 is 1.46 bits per heavy atom. The van der Waals surface area contributed by atoms with Gasteiger partial charge in [0.2, 0.25) is 0 Å². The second-order valence-electron chi connectivity index (χ2n) is 3.31. The molecule has 0 spiro atoms. The molecule has 0 bridgehead atoms. The zero-order valence-electron chi connectivity index (χ0n) is 9.41. The van der Waals surface area contributed by atoms with Crippen molar-refractivity contribution in [3.05, 3.63) is 30.1 Å². The van der Waals surface area contributed by atoms with Gasteiger partial charge in [-0.3, -0.25) is 4.98 Å². The van der Waals surface area contributed by atoms with Gasteiger partial charge in [0.1, 0.15) is 0 Å². The van der Waals surface area contributed by atoms with Gasteiger partial charge in [-0.2, -0.15) is 0 Å². The molecule has 0 saturated carbocycles. The highest BCUT2D eigenvalue weighted by Gasteiger charge is 2.08. The standard InChI is InChI=1S/C10H15N.C2H6/c1-8(2)9(3)10-4-6-11-7-5-10;1-2/h4-9H,1-3H3;1-2H3. The van der Waals surface area contributed by atoms with Crippen molar-refractivity contribution in [2.75, 3.05) is 0 Å². The molecule has 0 aromatic carbocycles. The van der Waals surface area contributed by atoms with Gasteiger partial charge in [0.15, 0.2) is 0 Å². The number of hydrogen-bond donors (Lipinski definition) is 0. The van der Waals surface area contributed by atoms with Crippen LogP contribution in [0.5, 0.6) is 0 Å². The molecule has 0 radical (unpaired) electrons. The SMILES string of the molecule is CC.CC(C)C(C)c1ccncc1. The molecule has 1 unspecified atom stereocenters. The van der Waals surface area contributed by atoms with Gasteiger partial charge in [0, 0.05) is 12.4 Å². The van der Waals surface area contributed by atoms with Gasteiger partial charge in [-0.1, -0.05) is 34.6 Å². The second-order valence-corrected chi connectivity index (χ2v) is 3.31. The van der Waals surface area contributed by atoms with Crippen molar-refractivity contribution in [2.45, 2.75) is 40.5 Å². The van der Waals surface area contributed by atoms with E-state index in [2.05, 4.69) is 37.9 Å². The van der Waals surface area contributed by atoms with E-state index in [-0.39, 0.29) is 0 Å². The van der Waals surface area contributed by atoms with E-state index < -0.39 is 0 Å². The third-order valence-corrected chi connectivity index (χ3v) is 2.23. The molecule has 0 aliphatic heterocycles. The molecule has 74 valence electrons. The first-order chi connectivity index (χ1) is 6.22. The Hall–Kier alpha value is -0.850. The van der Waals surface area contributed by atoms with Crippen LogP contribution in [-0.4, -0.2) is 4.98 Å². The largest absolute Gasteiger partial charge is 0.265 e. The summed E-state index contributed by atoms with van der Waals surface area (Å²) in [5, 5.41) is 0. The van der Waals surface area contributed by atoms with E-state index in [1.54, 1.807) is 0 Å². The summed E-state index contributed by atoms with van der Waals surface area (Å²) in [5.41, 5.74) is 1.38. The highest BCUT2D eigenvalue weighted by atomic mass is 14.6. The van der Waals surface area contributed by atoms with Crippen LogP contribution >= 0.6 is 0 Å². The van der Waals surface area contributed by atoms with Gasteiger partial charge in [0.25, 0.3) is 0 Å². The van der Waals surface area contributed by atoms with Gasteiger partial charge < -0.3 is 0 Å². The van der Waals surface area contributed by atoms with Gasteiger partial charge in [-0.15, -0.1) is 0 Å². The van der Waals surface area contributed by atoms with Crippen LogP contribution in [0.3, 0.4) is 0 Å². The zero-order valence-corrected chi connectivity index (χ0v) is 9.41. The van der Waals surface area contributed by atoms with E-state index in [0.717, 1.165) is 0 Å². The molecular weight excluding hydrogens is 158 g/mol. The molecule has 1 aromatic heterocycles. The topological polar surface area (TPSA) is 12.9 Å². The summed E-state index contributed by atoms with van der Waals surface area (Å²) in [6.45, 7) is 10.7. The normalized spacial score (nSPS) is 11.8. The maximum absolute atomic E-state index is 3.99. The Bertz CT molecular complexity index is 204. The minimum absolute atomic E-state index is 0.637. The van der Waals surface area contributed by atoms with Crippen LogP contribution in [0.2, 0.25) is 0 Å². The van der Waals surface area contributed by atoms with Crippen molar-refractivity contribution in [1.82, 2.24) is 4.98 Å². The second kappa shape index (κ2) is 6.64. The average molecular weight is 179 g/mol. The van der Waals surface area contributed by atoms with E-state index >= 15 is 0 Å². The van der Waals surface area contributed by atoms with Crippen LogP contribution in [0.15, 0.2) is 24.5 Å². The number of aromatic nitrogens is 1. The molecule has 1 heterocycles. The zero-order chi connectivity index (χ0) is 10.3. The molecule has 1 heteroatoms. The van der Waals surface area contributed by atoms with Crippen LogP contribution in [0.4, 0.5) is 0 Å². The third kappa shape index (κ3) is 4.07. The first-order valence-corrected chi connectivity index (χ1v) is 5.11. The Morgan fingerprint density at radius 1 is 1.00 bits per heavy atom. The summed E-state index contributed by atoms with van der Waals surface area (Å²) >= 11 is 0. The quantitative estimate of drug-likeness (QED) is 0.671. The average Bonchev–Trinajstić information content (AvgIpc) is 2.21. The maximum Gasteiger partial charge on any atom is 0.0270 e. The van der Waals surface area contributed by atoms with Crippen molar-refractivity contribution in [2.24, 2.45) is 5.92 Å². The molecule has 1 aromatic rings. The lowest BCUT2D eigenvalue weighted by Gasteiger charge is -2.14. The highest BCUT2D eigenvalue weighted by Crippen LogP contribution is 2.22. The molecular formula is C12H21N. The van der Waals surface area contributed by atoms with E-state index in [4.69, 9.17) is 0 Å². The summed E-state index contributed by atoms with van der Waals surface area (Å²) in [6, 6.07) is 4.18. The molecule has 13 heavy (non-hydrogen) atoms. The fourth-order valence-electron chi connectivity index (χ4n) is 1.05. The molecule has 0 N–H and O–H groups in total. The van der Waals surface area contributed by atoms with Crippen molar-refractivity contribution in [3.8, 4) is 0 Å². The van der Waals surface area contributed by atoms with Crippen LogP contribution < -0.4 is 0 Å². The summed E-state index contributed by atoms with van der Waals surface area (Å²) < 4.78 is 0. The molecule has 1 nitrogen and oxygen atoms in total. The van der Waals surface area contributed by atoms with Gasteiger partial charge in [0.05, 0.1) is 0 Å². The highest BCUT2D eigenvalue weighted by molar-refractivity contribution is 5.15. The predicted octanol–water partition coefficient (Wildman–Crippen LogP) is 3.87. The Labute approximate surface area is 82.2 Å². The number of pyridine rings is 1. The first kappa shape index (κ1) is 12.2. The summed E-state index contributed by atoms with van der Waals surface area (Å²) in [6.07, 6.45) is 3.71. The fourth-order valence-corrected chi connectivity index (χ4v) is 1.05. The van der Waals surface area contributed by atoms with E-state index in [1.807, 2.05) is 26.2 Å². The Balaban J connectivity index is 0.000000671. The van der Waals surface area contributed by atoms with Crippen molar-refractivity contribution >= 4 is 0 Å². The summed E-state index contributed by atoms with van der Waals surface area (Å²) in [4.78, 5) is 3.99. The lowest BCUT2D eigenvalue weighted by Crippen LogP contribution is -2.01. The molecule has 0 fully saturated rings. The molecule has 0 aliphatic carbocycles. The van der Waals surface area contributed by atoms with Crippen molar-refractivity contribution < 1.29 is 0 Å². The lowest BCUT2D eigenvalue weighted by molar-refractivity contribution is 0.534. The van der Waals surface area contributed by atoms with Crippen LogP contribution in [0.25, 0.3) is 0 Å². The van der Waals surface area contributed by atoms with Gasteiger partial charge in [-0.25, -0.2) is 0 Å². The van der Waals surface area contributed by atoms with Crippen LogP contribution in [0, 0.1) is 5.92 Å². The number of rotatable bonds is 2. The Morgan fingerprint density at radius 3 is 1.85 bits per heavy atom. The molecule has 0 saturated heterocycles. The molecule has 0 amide bonds. The summed E-state index contributed by atoms with van der Waals surface area (Å²) in [5.74, 6) is 1.34. The fraction of sp³-hybridized carbons (Fsp3) is 0.583. The lowest BCUT2D eigenvalue weighted by atomic mass is 9.91.